The Labute approximate surface area is 103 Å². The van der Waals surface area contributed by atoms with E-state index < -0.39 is 11.4 Å². The van der Waals surface area contributed by atoms with Gasteiger partial charge in [-0.1, -0.05) is 12.1 Å². The van der Waals surface area contributed by atoms with Crippen molar-refractivity contribution in [3.05, 3.63) is 44.0 Å². The SMILES string of the molecule is O=c1[nH]c(-c2cccc(F)c2)nc(O)c1I. The Bertz CT molecular complexity index is 598. The summed E-state index contributed by atoms with van der Waals surface area (Å²) in [4.78, 5) is 17.6. The topological polar surface area (TPSA) is 66.0 Å². The van der Waals surface area contributed by atoms with E-state index in [0.29, 0.717) is 5.56 Å². The van der Waals surface area contributed by atoms with Crippen molar-refractivity contribution < 1.29 is 9.50 Å². The van der Waals surface area contributed by atoms with Crippen LogP contribution >= 0.6 is 22.6 Å². The highest BCUT2D eigenvalue weighted by atomic mass is 127. The molecule has 2 rings (SSSR count). The van der Waals surface area contributed by atoms with Gasteiger partial charge in [-0.2, -0.15) is 4.98 Å². The molecule has 0 atom stereocenters. The van der Waals surface area contributed by atoms with Crippen LogP contribution < -0.4 is 5.56 Å². The zero-order valence-corrected chi connectivity index (χ0v) is 10.0. The van der Waals surface area contributed by atoms with Gasteiger partial charge in [0.1, 0.15) is 15.2 Å². The molecule has 0 bridgehead atoms. The molecule has 0 saturated heterocycles. The predicted molar refractivity (Wildman–Crippen MR) is 64.6 cm³/mol. The lowest BCUT2D eigenvalue weighted by Crippen LogP contribution is -2.12. The molecule has 0 saturated carbocycles. The van der Waals surface area contributed by atoms with Gasteiger partial charge in [-0.25, -0.2) is 4.39 Å². The second-order valence-corrected chi connectivity index (χ2v) is 4.14. The minimum absolute atomic E-state index is 0.109. The Morgan fingerprint density at radius 3 is 2.81 bits per heavy atom. The van der Waals surface area contributed by atoms with E-state index >= 15 is 0 Å². The third-order valence-corrected chi connectivity index (χ3v) is 2.92. The van der Waals surface area contributed by atoms with Crippen LogP contribution in [-0.4, -0.2) is 15.1 Å². The maximum atomic E-state index is 12.9. The first-order valence-corrected chi connectivity index (χ1v) is 5.40. The molecule has 1 aromatic heterocycles. The van der Waals surface area contributed by atoms with Gasteiger partial charge in [-0.15, -0.1) is 0 Å². The summed E-state index contributed by atoms with van der Waals surface area (Å²) in [5.74, 6) is -0.649. The first kappa shape index (κ1) is 11.1. The average molecular weight is 332 g/mol. The van der Waals surface area contributed by atoms with Crippen molar-refractivity contribution in [1.82, 2.24) is 9.97 Å². The first-order chi connectivity index (χ1) is 7.58. The molecule has 6 heteroatoms. The van der Waals surface area contributed by atoms with E-state index in [9.17, 15) is 14.3 Å². The molecule has 0 fully saturated rings. The lowest BCUT2D eigenvalue weighted by molar-refractivity contribution is 0.447. The van der Waals surface area contributed by atoms with Crippen LogP contribution in [0.25, 0.3) is 11.4 Å². The highest BCUT2D eigenvalue weighted by Crippen LogP contribution is 2.18. The standard InChI is InChI=1S/C10H6FIN2O2/c11-6-3-1-2-5(4-6)8-13-9(15)7(12)10(16)14-8/h1-4H,(H2,13,14,15,16). The second-order valence-electron chi connectivity index (χ2n) is 3.06. The van der Waals surface area contributed by atoms with E-state index in [4.69, 9.17) is 0 Å². The highest BCUT2D eigenvalue weighted by Gasteiger charge is 2.09. The number of halogens is 2. The minimum Gasteiger partial charge on any atom is -0.492 e. The van der Waals surface area contributed by atoms with Crippen molar-refractivity contribution in [1.29, 1.82) is 0 Å². The fraction of sp³-hybridized carbons (Fsp3) is 0. The number of aromatic amines is 1. The van der Waals surface area contributed by atoms with E-state index in [1.54, 1.807) is 28.7 Å². The van der Waals surface area contributed by atoms with Gasteiger partial charge < -0.3 is 10.1 Å². The molecule has 2 aromatic rings. The van der Waals surface area contributed by atoms with E-state index in [2.05, 4.69) is 9.97 Å². The molecule has 0 unspecified atom stereocenters. The van der Waals surface area contributed by atoms with Gasteiger partial charge in [0.2, 0.25) is 5.88 Å². The third kappa shape index (κ3) is 2.06. The lowest BCUT2D eigenvalue weighted by Gasteiger charge is -2.02. The maximum Gasteiger partial charge on any atom is 0.268 e. The number of rotatable bonds is 1. The molecular weight excluding hydrogens is 326 g/mol. The maximum absolute atomic E-state index is 12.9. The summed E-state index contributed by atoms with van der Waals surface area (Å²) in [5.41, 5.74) is -0.0452. The number of aromatic hydroxyl groups is 1. The summed E-state index contributed by atoms with van der Waals surface area (Å²) in [6.45, 7) is 0. The number of aromatic nitrogens is 2. The molecule has 0 aliphatic rings. The van der Waals surface area contributed by atoms with Crippen LogP contribution in [0.5, 0.6) is 5.88 Å². The largest absolute Gasteiger partial charge is 0.492 e. The van der Waals surface area contributed by atoms with Crippen LogP contribution in [0, 0.1) is 9.39 Å². The number of nitrogens with zero attached hydrogens (tertiary/aromatic N) is 1. The Hall–Kier alpha value is -1.44. The van der Waals surface area contributed by atoms with Crippen molar-refractivity contribution in [3.63, 3.8) is 0 Å². The molecule has 16 heavy (non-hydrogen) atoms. The summed E-state index contributed by atoms with van der Waals surface area (Å²) in [5, 5.41) is 9.38. The second kappa shape index (κ2) is 4.20. The molecule has 0 aliphatic heterocycles. The van der Waals surface area contributed by atoms with Gasteiger partial charge in [0, 0.05) is 5.56 Å². The predicted octanol–water partition coefficient (Wildman–Crippen LogP) is 1.89. The van der Waals surface area contributed by atoms with Crippen LogP contribution in [0.4, 0.5) is 4.39 Å². The van der Waals surface area contributed by atoms with Crippen LogP contribution in [0.3, 0.4) is 0 Å². The average Bonchev–Trinajstić information content (AvgIpc) is 2.25. The van der Waals surface area contributed by atoms with E-state index in [1.165, 1.54) is 18.2 Å². The summed E-state index contributed by atoms with van der Waals surface area (Å²) >= 11 is 1.68. The van der Waals surface area contributed by atoms with Crippen molar-refractivity contribution >= 4 is 22.6 Å². The normalized spacial score (nSPS) is 10.4. The minimum atomic E-state index is -0.452. The van der Waals surface area contributed by atoms with E-state index in [0.717, 1.165) is 0 Å². The van der Waals surface area contributed by atoms with Crippen molar-refractivity contribution in [2.24, 2.45) is 0 Å². The van der Waals surface area contributed by atoms with Crippen LogP contribution in [0.15, 0.2) is 29.1 Å². The summed E-state index contributed by atoms with van der Waals surface area (Å²) in [6, 6.07) is 5.60. The molecule has 1 aromatic carbocycles. The molecule has 82 valence electrons. The summed E-state index contributed by atoms with van der Waals surface area (Å²) in [6.07, 6.45) is 0. The molecule has 1 heterocycles. The highest BCUT2D eigenvalue weighted by molar-refractivity contribution is 14.1. The zero-order valence-electron chi connectivity index (χ0n) is 7.87. The third-order valence-electron chi connectivity index (χ3n) is 1.94. The summed E-state index contributed by atoms with van der Waals surface area (Å²) in [7, 11) is 0. The molecule has 0 aliphatic carbocycles. The van der Waals surface area contributed by atoms with Gasteiger partial charge in [0.15, 0.2) is 0 Å². The molecule has 4 nitrogen and oxygen atoms in total. The van der Waals surface area contributed by atoms with Gasteiger partial charge >= 0.3 is 0 Å². The number of H-pyrrole nitrogens is 1. The fourth-order valence-corrected chi connectivity index (χ4v) is 1.47. The fourth-order valence-electron chi connectivity index (χ4n) is 1.22. The summed E-state index contributed by atoms with van der Waals surface area (Å²) < 4.78 is 13.1. The molecule has 2 N–H and O–H groups in total. The zero-order chi connectivity index (χ0) is 11.7. The lowest BCUT2D eigenvalue weighted by atomic mass is 10.2. The van der Waals surface area contributed by atoms with Crippen molar-refractivity contribution in [3.8, 4) is 17.3 Å². The first-order valence-electron chi connectivity index (χ1n) is 4.32. The van der Waals surface area contributed by atoms with E-state index in [1.807, 2.05) is 0 Å². The Morgan fingerprint density at radius 1 is 1.44 bits per heavy atom. The Kier molecular flexibility index (Phi) is 2.90. The number of hydrogen-bond acceptors (Lipinski definition) is 3. The molecular formula is C10H6FIN2O2. The van der Waals surface area contributed by atoms with Crippen LogP contribution in [-0.2, 0) is 0 Å². The van der Waals surface area contributed by atoms with E-state index in [-0.39, 0.29) is 15.3 Å². The van der Waals surface area contributed by atoms with Gasteiger partial charge in [0.05, 0.1) is 0 Å². The van der Waals surface area contributed by atoms with Crippen molar-refractivity contribution in [2.45, 2.75) is 0 Å². The molecule has 0 radical (unpaired) electrons. The number of benzene rings is 1. The van der Waals surface area contributed by atoms with Gasteiger partial charge in [0.25, 0.3) is 5.56 Å². The number of hydrogen-bond donors (Lipinski definition) is 2. The molecule has 0 spiro atoms. The van der Waals surface area contributed by atoms with Crippen LogP contribution in [0.2, 0.25) is 0 Å². The quantitative estimate of drug-likeness (QED) is 0.784. The van der Waals surface area contributed by atoms with Gasteiger partial charge in [-0.3, -0.25) is 4.79 Å². The van der Waals surface area contributed by atoms with Crippen molar-refractivity contribution in [2.75, 3.05) is 0 Å². The Morgan fingerprint density at radius 2 is 2.19 bits per heavy atom. The van der Waals surface area contributed by atoms with Crippen LogP contribution in [0.1, 0.15) is 0 Å². The Balaban J connectivity index is 2.61. The monoisotopic (exact) mass is 332 g/mol. The smallest absolute Gasteiger partial charge is 0.268 e. The number of nitrogens with one attached hydrogen (secondary N) is 1. The molecule has 0 amide bonds. The van der Waals surface area contributed by atoms with Gasteiger partial charge in [-0.05, 0) is 34.7 Å².